The Bertz CT molecular complexity index is 374. The van der Waals surface area contributed by atoms with Gasteiger partial charge < -0.3 is 29.5 Å². The molecule has 0 aliphatic carbocycles. The second kappa shape index (κ2) is 6.04. The molecule has 0 aromatic carbocycles. The third-order valence-electron chi connectivity index (χ3n) is 2.85. The summed E-state index contributed by atoms with van der Waals surface area (Å²) in [5, 5.41) is 29.2. The van der Waals surface area contributed by atoms with E-state index in [2.05, 4.69) is 4.74 Å². The second-order valence-electron chi connectivity index (χ2n) is 5.57. The minimum absolute atomic E-state index is 0.696. The molecule has 5 atom stereocenters. The van der Waals surface area contributed by atoms with Gasteiger partial charge in [-0.2, -0.15) is 0 Å². The summed E-state index contributed by atoms with van der Waals surface area (Å²) in [6.45, 7) is 4.75. The molecule has 3 N–H and O–H groups in total. The lowest BCUT2D eigenvalue weighted by Crippen LogP contribution is -2.61. The van der Waals surface area contributed by atoms with E-state index in [1.165, 1.54) is 0 Å². The number of aliphatic hydroxyl groups is 3. The Morgan fingerprint density at radius 3 is 2.10 bits per heavy atom. The van der Waals surface area contributed by atoms with Gasteiger partial charge in [0.15, 0.2) is 18.5 Å². The van der Waals surface area contributed by atoms with Gasteiger partial charge in [0.05, 0.1) is 12.5 Å². The molecule has 0 unspecified atom stereocenters. The van der Waals surface area contributed by atoms with Gasteiger partial charge in [0, 0.05) is 0 Å². The molecule has 0 aromatic rings. The number of methoxy groups -OCH3 is 1. The molecule has 20 heavy (non-hydrogen) atoms. The summed E-state index contributed by atoms with van der Waals surface area (Å²) >= 11 is 0. The number of carbonyl (C=O) groups is 2. The van der Waals surface area contributed by atoms with Crippen LogP contribution < -0.4 is 0 Å². The fourth-order valence-electron chi connectivity index (χ4n) is 1.60. The Kier molecular flexibility index (Phi) is 5.09. The number of aliphatic hydroxyl groups excluding tert-OH is 3. The molecule has 0 radical (unpaired) electrons. The smallest absolute Gasteiger partial charge is 0.337 e. The van der Waals surface area contributed by atoms with E-state index in [1.807, 2.05) is 0 Å². The number of hydrogen-bond donors (Lipinski definition) is 3. The van der Waals surface area contributed by atoms with Crippen molar-refractivity contribution in [3.05, 3.63) is 0 Å². The highest BCUT2D eigenvalue weighted by molar-refractivity contribution is 5.77. The maximum atomic E-state index is 11.8. The normalized spacial score (nSPS) is 34.5. The highest BCUT2D eigenvalue weighted by atomic mass is 16.7. The number of carbonyl (C=O) groups excluding carboxylic acids is 2. The zero-order valence-corrected chi connectivity index (χ0v) is 11.8. The first-order valence-corrected chi connectivity index (χ1v) is 6.08. The number of rotatable bonds is 2. The van der Waals surface area contributed by atoms with Gasteiger partial charge in [-0.3, -0.25) is 4.79 Å². The standard InChI is InChI=1S/C12H20O8/c1-12(2,3)11(17)20-7-5(13)8(10(16)18-4)19-9(15)6(7)14/h5-9,13-15H,1-4H3/t5-,6+,7-,8+,9+/m0/s1. The molecule has 0 saturated carbocycles. The van der Waals surface area contributed by atoms with Gasteiger partial charge in [0.2, 0.25) is 0 Å². The zero-order chi connectivity index (χ0) is 15.7. The molecule has 1 aliphatic rings. The van der Waals surface area contributed by atoms with Crippen LogP contribution in [0.4, 0.5) is 0 Å². The molecule has 0 amide bonds. The maximum absolute atomic E-state index is 11.8. The van der Waals surface area contributed by atoms with Crippen LogP contribution in [0.3, 0.4) is 0 Å². The summed E-state index contributed by atoms with van der Waals surface area (Å²) in [5.41, 5.74) is -0.872. The van der Waals surface area contributed by atoms with Crippen molar-refractivity contribution >= 4 is 11.9 Å². The topological polar surface area (TPSA) is 123 Å². The van der Waals surface area contributed by atoms with Crippen molar-refractivity contribution in [1.29, 1.82) is 0 Å². The van der Waals surface area contributed by atoms with E-state index in [4.69, 9.17) is 9.47 Å². The molecule has 1 saturated heterocycles. The molecule has 1 rings (SSSR count). The molecule has 1 heterocycles. The first-order chi connectivity index (χ1) is 9.09. The van der Waals surface area contributed by atoms with Gasteiger partial charge in [-0.25, -0.2) is 4.79 Å². The molecule has 116 valence electrons. The van der Waals surface area contributed by atoms with E-state index in [-0.39, 0.29) is 0 Å². The van der Waals surface area contributed by atoms with Crippen molar-refractivity contribution in [2.45, 2.75) is 51.5 Å². The fraction of sp³-hybridized carbons (Fsp3) is 0.833. The monoisotopic (exact) mass is 292 g/mol. The molecular formula is C12H20O8. The Balaban J connectivity index is 2.91. The van der Waals surface area contributed by atoms with Crippen LogP contribution in [0, 0.1) is 5.41 Å². The Hall–Kier alpha value is -1.22. The van der Waals surface area contributed by atoms with Crippen LogP contribution in [0.25, 0.3) is 0 Å². The van der Waals surface area contributed by atoms with E-state index < -0.39 is 48.1 Å². The predicted molar refractivity (Wildman–Crippen MR) is 64.2 cm³/mol. The highest BCUT2D eigenvalue weighted by Crippen LogP contribution is 2.26. The van der Waals surface area contributed by atoms with Gasteiger partial charge in [0.25, 0.3) is 0 Å². The van der Waals surface area contributed by atoms with E-state index in [9.17, 15) is 24.9 Å². The highest BCUT2D eigenvalue weighted by Gasteiger charge is 2.50. The SMILES string of the molecule is COC(=O)[C@@H]1O[C@@H](O)[C@H](O)[C@@H](OC(=O)C(C)(C)C)[C@@H]1O. The lowest BCUT2D eigenvalue weighted by molar-refractivity contribution is -0.285. The third-order valence-corrected chi connectivity index (χ3v) is 2.85. The van der Waals surface area contributed by atoms with Gasteiger partial charge in [0.1, 0.15) is 12.2 Å². The molecule has 0 aromatic heterocycles. The quantitative estimate of drug-likeness (QED) is 0.529. The Labute approximate surface area is 116 Å². The van der Waals surface area contributed by atoms with Crippen molar-refractivity contribution in [3.63, 3.8) is 0 Å². The van der Waals surface area contributed by atoms with Crippen LogP contribution in [0.5, 0.6) is 0 Å². The first kappa shape index (κ1) is 16.8. The number of esters is 2. The van der Waals surface area contributed by atoms with Gasteiger partial charge in [-0.05, 0) is 20.8 Å². The largest absolute Gasteiger partial charge is 0.467 e. The van der Waals surface area contributed by atoms with E-state index in [1.54, 1.807) is 20.8 Å². The minimum Gasteiger partial charge on any atom is -0.467 e. The first-order valence-electron chi connectivity index (χ1n) is 6.08. The summed E-state index contributed by atoms with van der Waals surface area (Å²) in [4.78, 5) is 23.2. The van der Waals surface area contributed by atoms with E-state index in [0.717, 1.165) is 7.11 Å². The molecular weight excluding hydrogens is 272 g/mol. The van der Waals surface area contributed by atoms with Crippen molar-refractivity contribution < 1.29 is 39.1 Å². The lowest BCUT2D eigenvalue weighted by atomic mass is 9.95. The Morgan fingerprint density at radius 2 is 1.65 bits per heavy atom. The van der Waals surface area contributed by atoms with Crippen LogP contribution in [0.1, 0.15) is 20.8 Å². The molecule has 8 heteroatoms. The van der Waals surface area contributed by atoms with E-state index in [0.29, 0.717) is 0 Å². The number of ether oxygens (including phenoxy) is 3. The average Bonchev–Trinajstić information content (AvgIpc) is 2.36. The van der Waals surface area contributed by atoms with Crippen molar-refractivity contribution in [1.82, 2.24) is 0 Å². The van der Waals surface area contributed by atoms with Crippen LogP contribution in [-0.2, 0) is 23.8 Å². The molecule has 8 nitrogen and oxygen atoms in total. The maximum Gasteiger partial charge on any atom is 0.337 e. The van der Waals surface area contributed by atoms with Crippen molar-refractivity contribution in [2.75, 3.05) is 7.11 Å². The third kappa shape index (κ3) is 3.45. The molecule has 1 fully saturated rings. The molecule has 1 aliphatic heterocycles. The lowest BCUT2D eigenvalue weighted by Gasteiger charge is -2.39. The van der Waals surface area contributed by atoms with Crippen LogP contribution in [-0.4, -0.2) is 65.1 Å². The van der Waals surface area contributed by atoms with Crippen molar-refractivity contribution in [2.24, 2.45) is 5.41 Å². The van der Waals surface area contributed by atoms with Crippen LogP contribution >= 0.6 is 0 Å². The fourth-order valence-corrected chi connectivity index (χ4v) is 1.60. The average molecular weight is 292 g/mol. The predicted octanol–water partition coefficient (Wildman–Crippen LogP) is -1.44. The van der Waals surface area contributed by atoms with Gasteiger partial charge in [-0.15, -0.1) is 0 Å². The minimum atomic E-state index is -1.78. The summed E-state index contributed by atoms with van der Waals surface area (Å²) < 4.78 is 14.1. The van der Waals surface area contributed by atoms with Gasteiger partial charge >= 0.3 is 11.9 Å². The molecule has 0 spiro atoms. The number of hydrogen-bond acceptors (Lipinski definition) is 8. The second-order valence-corrected chi connectivity index (χ2v) is 5.57. The molecule has 0 bridgehead atoms. The van der Waals surface area contributed by atoms with E-state index >= 15 is 0 Å². The van der Waals surface area contributed by atoms with Crippen LogP contribution in [0.2, 0.25) is 0 Å². The van der Waals surface area contributed by atoms with Crippen LogP contribution in [0.15, 0.2) is 0 Å². The summed E-state index contributed by atoms with van der Waals surface area (Å²) in [7, 11) is 1.08. The summed E-state index contributed by atoms with van der Waals surface area (Å²) in [6.07, 6.45) is -8.13. The van der Waals surface area contributed by atoms with Crippen molar-refractivity contribution in [3.8, 4) is 0 Å². The summed E-state index contributed by atoms with van der Waals surface area (Å²) in [6, 6.07) is 0. The Morgan fingerprint density at radius 1 is 1.10 bits per heavy atom. The zero-order valence-electron chi connectivity index (χ0n) is 11.8. The van der Waals surface area contributed by atoms with Gasteiger partial charge in [-0.1, -0.05) is 0 Å². The summed E-state index contributed by atoms with van der Waals surface area (Å²) in [5.74, 6) is -1.64.